The van der Waals surface area contributed by atoms with Crippen molar-refractivity contribution in [2.24, 2.45) is 0 Å². The number of aromatic nitrogens is 5. The zero-order valence-electron chi connectivity index (χ0n) is 14.4. The van der Waals surface area contributed by atoms with Crippen LogP contribution in [0.4, 0.5) is 4.39 Å². The molecule has 0 unspecified atom stereocenters. The number of hydrogen-bond donors (Lipinski definition) is 0. The third-order valence-corrected chi connectivity index (χ3v) is 4.06. The lowest BCUT2D eigenvalue weighted by Crippen LogP contribution is -2.27. The van der Waals surface area contributed by atoms with Gasteiger partial charge in [0.2, 0.25) is 0 Å². The Kier molecular flexibility index (Phi) is 5.45. The molecule has 0 amide bonds. The number of aryl methyl sites for hydroxylation is 1. The van der Waals surface area contributed by atoms with Crippen LogP contribution >= 0.6 is 0 Å². The summed E-state index contributed by atoms with van der Waals surface area (Å²) in [5.74, 6) is 0.559. The monoisotopic (exact) mass is 340 g/mol. The van der Waals surface area contributed by atoms with Gasteiger partial charge >= 0.3 is 0 Å². The molecular formula is C18H21FN6. The molecule has 0 aliphatic rings. The molecule has 0 radical (unpaired) electrons. The van der Waals surface area contributed by atoms with Crippen LogP contribution in [-0.4, -0.2) is 37.1 Å². The molecule has 3 rings (SSSR count). The molecule has 7 heteroatoms. The maximum absolute atomic E-state index is 13.3. The summed E-state index contributed by atoms with van der Waals surface area (Å²) in [5.41, 5.74) is 2.03. The van der Waals surface area contributed by atoms with Crippen LogP contribution in [0.3, 0.4) is 0 Å². The molecule has 6 nitrogen and oxygen atoms in total. The van der Waals surface area contributed by atoms with Crippen molar-refractivity contribution < 1.29 is 4.39 Å². The van der Waals surface area contributed by atoms with E-state index in [4.69, 9.17) is 0 Å². The minimum absolute atomic E-state index is 0.0684. The zero-order valence-corrected chi connectivity index (χ0v) is 14.4. The number of nitrogens with zero attached hydrogens (tertiary/aromatic N) is 6. The van der Waals surface area contributed by atoms with Gasteiger partial charge in [0.25, 0.3) is 0 Å². The predicted molar refractivity (Wildman–Crippen MR) is 92.1 cm³/mol. The van der Waals surface area contributed by atoms with Crippen molar-refractivity contribution in [2.75, 3.05) is 7.05 Å². The van der Waals surface area contributed by atoms with Crippen LogP contribution in [0.25, 0.3) is 0 Å². The van der Waals surface area contributed by atoms with Crippen LogP contribution in [0.5, 0.6) is 0 Å². The van der Waals surface area contributed by atoms with Crippen LogP contribution < -0.4 is 0 Å². The average molecular weight is 340 g/mol. The van der Waals surface area contributed by atoms with E-state index in [2.05, 4.69) is 32.3 Å². The number of halogens is 1. The normalized spacial score (nSPS) is 12.5. The molecule has 2 heterocycles. The van der Waals surface area contributed by atoms with Gasteiger partial charge in [-0.2, -0.15) is 0 Å². The minimum Gasteiger partial charge on any atom is -0.288 e. The molecular weight excluding hydrogens is 319 g/mol. The number of hydrogen-bond acceptors (Lipinski definition) is 5. The zero-order chi connectivity index (χ0) is 17.6. The second kappa shape index (κ2) is 7.94. The lowest BCUT2D eigenvalue weighted by atomic mass is 9.99. The third-order valence-electron chi connectivity index (χ3n) is 4.06. The molecule has 0 saturated heterocycles. The molecule has 1 aromatic carbocycles. The highest BCUT2D eigenvalue weighted by atomic mass is 19.1. The summed E-state index contributed by atoms with van der Waals surface area (Å²) in [6, 6.07) is 10.4. The lowest BCUT2D eigenvalue weighted by molar-refractivity contribution is 0.257. The van der Waals surface area contributed by atoms with Gasteiger partial charge < -0.3 is 0 Å². The second-order valence-corrected chi connectivity index (χ2v) is 5.97. The molecule has 0 fully saturated rings. The van der Waals surface area contributed by atoms with Gasteiger partial charge in [-0.1, -0.05) is 25.1 Å². The van der Waals surface area contributed by atoms with Crippen molar-refractivity contribution in [3.8, 4) is 0 Å². The Hall–Kier alpha value is -2.67. The van der Waals surface area contributed by atoms with E-state index in [0.717, 1.165) is 29.9 Å². The number of rotatable bonds is 7. The summed E-state index contributed by atoms with van der Waals surface area (Å²) < 4.78 is 15.2. The largest absolute Gasteiger partial charge is 0.288 e. The van der Waals surface area contributed by atoms with Crippen molar-refractivity contribution in [1.29, 1.82) is 0 Å². The summed E-state index contributed by atoms with van der Waals surface area (Å²) in [5, 5.41) is 12.0. The van der Waals surface area contributed by atoms with Crippen molar-refractivity contribution in [3.05, 3.63) is 71.6 Å². The molecule has 0 spiro atoms. The molecule has 0 aliphatic heterocycles. The summed E-state index contributed by atoms with van der Waals surface area (Å²) in [6.07, 6.45) is 4.54. The molecule has 3 aromatic rings. The third kappa shape index (κ3) is 4.06. The Morgan fingerprint density at radius 1 is 1.16 bits per heavy atom. The smallest absolute Gasteiger partial charge is 0.165 e. The van der Waals surface area contributed by atoms with Crippen LogP contribution in [0.15, 0.2) is 48.8 Å². The summed E-state index contributed by atoms with van der Waals surface area (Å²) in [7, 11) is 2.01. The first-order valence-electron chi connectivity index (χ1n) is 8.29. The number of pyridine rings is 1. The van der Waals surface area contributed by atoms with Crippen LogP contribution in [0.1, 0.15) is 36.3 Å². The summed E-state index contributed by atoms with van der Waals surface area (Å²) >= 11 is 0. The van der Waals surface area contributed by atoms with Crippen molar-refractivity contribution in [2.45, 2.75) is 32.5 Å². The first-order chi connectivity index (χ1) is 12.2. The Labute approximate surface area is 146 Å². The van der Waals surface area contributed by atoms with Gasteiger partial charge in [0.05, 0.1) is 12.6 Å². The highest BCUT2D eigenvalue weighted by molar-refractivity contribution is 5.30. The number of benzene rings is 1. The van der Waals surface area contributed by atoms with Gasteiger partial charge in [-0.15, -0.1) is 5.10 Å². The average Bonchev–Trinajstić information content (AvgIpc) is 3.05. The SMILES string of the molecule is CCCn1nnnc1CN(C)[C@H](c1ccc(F)cc1)c1cccnc1. The Bertz CT molecular complexity index is 787. The topological polar surface area (TPSA) is 59.7 Å². The van der Waals surface area contributed by atoms with Gasteiger partial charge in [-0.25, -0.2) is 9.07 Å². The number of tetrazole rings is 1. The van der Waals surface area contributed by atoms with E-state index in [-0.39, 0.29) is 11.9 Å². The van der Waals surface area contributed by atoms with E-state index in [9.17, 15) is 4.39 Å². The van der Waals surface area contributed by atoms with Crippen LogP contribution in [0, 0.1) is 5.82 Å². The lowest BCUT2D eigenvalue weighted by Gasteiger charge is -2.28. The van der Waals surface area contributed by atoms with Crippen LogP contribution in [-0.2, 0) is 13.1 Å². The highest BCUT2D eigenvalue weighted by Gasteiger charge is 2.21. The molecule has 0 bridgehead atoms. The Morgan fingerprint density at radius 2 is 1.96 bits per heavy atom. The van der Waals surface area contributed by atoms with E-state index in [1.165, 1.54) is 12.1 Å². The van der Waals surface area contributed by atoms with Crippen LogP contribution in [0.2, 0.25) is 0 Å². The quantitative estimate of drug-likeness (QED) is 0.662. The fourth-order valence-corrected chi connectivity index (χ4v) is 2.92. The molecule has 0 saturated carbocycles. The molecule has 0 N–H and O–H groups in total. The molecule has 130 valence electrons. The van der Waals surface area contributed by atoms with E-state index in [1.807, 2.05) is 30.1 Å². The molecule has 25 heavy (non-hydrogen) atoms. The van der Waals surface area contributed by atoms with Crippen molar-refractivity contribution >= 4 is 0 Å². The van der Waals surface area contributed by atoms with Crippen molar-refractivity contribution in [1.82, 2.24) is 30.1 Å². The minimum atomic E-state index is -0.247. The summed E-state index contributed by atoms with van der Waals surface area (Å²) in [6.45, 7) is 3.44. The standard InChI is InChI=1S/C18H21FN6/c1-3-11-25-17(21-22-23-25)13-24(2)18(15-5-4-10-20-12-15)14-6-8-16(19)9-7-14/h4-10,12,18H,3,11,13H2,1-2H3/t18-/m1/s1. The first kappa shape index (κ1) is 17.2. The summed E-state index contributed by atoms with van der Waals surface area (Å²) in [4.78, 5) is 6.37. The highest BCUT2D eigenvalue weighted by Crippen LogP contribution is 2.28. The van der Waals surface area contributed by atoms with Gasteiger partial charge in [0, 0.05) is 18.9 Å². The molecule has 0 aliphatic carbocycles. The van der Waals surface area contributed by atoms with Gasteiger partial charge in [-0.05, 0) is 53.2 Å². The molecule has 1 atom stereocenters. The molecule has 2 aromatic heterocycles. The van der Waals surface area contributed by atoms with E-state index < -0.39 is 0 Å². The van der Waals surface area contributed by atoms with E-state index >= 15 is 0 Å². The Balaban J connectivity index is 1.91. The maximum Gasteiger partial charge on any atom is 0.165 e. The van der Waals surface area contributed by atoms with Crippen molar-refractivity contribution in [3.63, 3.8) is 0 Å². The van der Waals surface area contributed by atoms with Gasteiger partial charge in [0.15, 0.2) is 5.82 Å². The fraction of sp³-hybridized carbons (Fsp3) is 0.333. The Morgan fingerprint density at radius 3 is 2.64 bits per heavy atom. The second-order valence-electron chi connectivity index (χ2n) is 5.97. The van der Waals surface area contributed by atoms with Gasteiger partial charge in [-0.3, -0.25) is 9.88 Å². The maximum atomic E-state index is 13.3. The predicted octanol–water partition coefficient (Wildman–Crippen LogP) is 2.84. The van der Waals surface area contributed by atoms with E-state index in [0.29, 0.717) is 6.54 Å². The van der Waals surface area contributed by atoms with Gasteiger partial charge in [0.1, 0.15) is 5.82 Å². The first-order valence-corrected chi connectivity index (χ1v) is 8.29. The van der Waals surface area contributed by atoms with E-state index in [1.54, 1.807) is 18.3 Å². The fourth-order valence-electron chi connectivity index (χ4n) is 2.92.